The molecular weight excluding hydrogens is 404 g/mol. The number of carbonyl (C=O) groups excluding carboxylic acids is 1. The molecular formula is C23H25ClN2O2S. The van der Waals surface area contributed by atoms with E-state index >= 15 is 0 Å². The van der Waals surface area contributed by atoms with Gasteiger partial charge in [0.25, 0.3) is 5.91 Å². The summed E-state index contributed by atoms with van der Waals surface area (Å²) in [5, 5.41) is 15.2. The number of benzene rings is 1. The number of nitrogens with zero attached hydrogens (tertiary/aromatic N) is 1. The average Bonchev–Trinajstić information content (AvgIpc) is 2.68. The molecule has 1 amide bonds. The molecule has 2 atom stereocenters. The molecule has 6 rings (SSSR count). The maximum atomic E-state index is 13.2. The standard InChI is InChI=1S/C23H25ClN2O2S/c24-19-7-6-18(22(25-19)29-13-14-4-2-1-3-5-14)21(27)26-20-16-8-15-9-17(20)12-23(28,10-15)11-16/h1-7,15-17,20,28H,8-13H2,(H,26,27)/t15?,16?,17?,20-,23-. The van der Waals surface area contributed by atoms with Crippen LogP contribution >= 0.6 is 23.4 Å². The number of nitrogens with one attached hydrogen (secondary N) is 1. The highest BCUT2D eigenvalue weighted by atomic mass is 35.5. The van der Waals surface area contributed by atoms with Crippen LogP contribution in [-0.2, 0) is 5.75 Å². The fourth-order valence-corrected chi connectivity index (χ4v) is 7.05. The monoisotopic (exact) mass is 428 g/mol. The van der Waals surface area contributed by atoms with Gasteiger partial charge in [-0.15, -0.1) is 11.8 Å². The fraction of sp³-hybridized carbons (Fsp3) is 0.478. The molecule has 4 fully saturated rings. The normalized spacial score (nSPS) is 32.3. The number of aromatic nitrogens is 1. The van der Waals surface area contributed by atoms with Gasteiger partial charge in [-0.25, -0.2) is 4.98 Å². The number of amides is 1. The van der Waals surface area contributed by atoms with E-state index in [0.717, 1.165) is 37.9 Å². The third kappa shape index (κ3) is 3.92. The summed E-state index contributed by atoms with van der Waals surface area (Å²) in [4.78, 5) is 17.6. The lowest BCUT2D eigenvalue weighted by atomic mass is 9.52. The lowest BCUT2D eigenvalue weighted by Crippen LogP contribution is -2.61. The Morgan fingerprint density at radius 1 is 1.14 bits per heavy atom. The van der Waals surface area contributed by atoms with E-state index in [4.69, 9.17) is 11.6 Å². The van der Waals surface area contributed by atoms with Crippen LogP contribution in [0.5, 0.6) is 0 Å². The quantitative estimate of drug-likeness (QED) is 0.535. The predicted molar refractivity (Wildman–Crippen MR) is 115 cm³/mol. The van der Waals surface area contributed by atoms with E-state index in [1.807, 2.05) is 18.2 Å². The first kappa shape index (κ1) is 19.4. The van der Waals surface area contributed by atoms with Crippen molar-refractivity contribution < 1.29 is 9.90 Å². The Hall–Kier alpha value is -1.56. The molecule has 0 saturated heterocycles. The SMILES string of the molecule is O=C(N[C@H]1C2CC3CC1C[C@](O)(C3)C2)c1ccc(Cl)nc1SCc1ccccc1. The van der Waals surface area contributed by atoms with Crippen LogP contribution in [0.3, 0.4) is 0 Å². The highest BCUT2D eigenvalue weighted by Gasteiger charge is 2.55. The molecule has 2 aromatic rings. The minimum Gasteiger partial charge on any atom is -0.390 e. The Morgan fingerprint density at radius 3 is 2.55 bits per heavy atom. The first-order chi connectivity index (χ1) is 14.0. The summed E-state index contributed by atoms with van der Waals surface area (Å²) in [5.74, 6) is 2.05. The molecule has 4 aliphatic carbocycles. The van der Waals surface area contributed by atoms with E-state index in [1.165, 1.54) is 17.3 Å². The van der Waals surface area contributed by atoms with Gasteiger partial charge >= 0.3 is 0 Å². The number of halogens is 1. The maximum Gasteiger partial charge on any atom is 0.254 e. The Labute approximate surface area is 180 Å². The Morgan fingerprint density at radius 2 is 1.86 bits per heavy atom. The fourth-order valence-electron chi connectivity index (χ4n) is 5.87. The molecule has 4 bridgehead atoms. The zero-order valence-corrected chi connectivity index (χ0v) is 17.8. The van der Waals surface area contributed by atoms with Crippen molar-refractivity contribution in [3.63, 3.8) is 0 Å². The number of aliphatic hydroxyl groups is 1. The van der Waals surface area contributed by atoms with Gasteiger partial charge in [0, 0.05) is 11.8 Å². The van der Waals surface area contributed by atoms with E-state index in [1.54, 1.807) is 12.1 Å². The highest BCUT2D eigenvalue weighted by Crippen LogP contribution is 2.55. The smallest absolute Gasteiger partial charge is 0.254 e. The van der Waals surface area contributed by atoms with Crippen molar-refractivity contribution in [1.29, 1.82) is 0 Å². The number of hydrogen-bond acceptors (Lipinski definition) is 4. The van der Waals surface area contributed by atoms with E-state index in [0.29, 0.717) is 33.5 Å². The van der Waals surface area contributed by atoms with Crippen molar-refractivity contribution >= 4 is 29.3 Å². The van der Waals surface area contributed by atoms with Gasteiger partial charge in [-0.3, -0.25) is 4.79 Å². The molecule has 0 spiro atoms. The first-order valence-electron chi connectivity index (χ1n) is 10.4. The number of thioether (sulfide) groups is 1. The average molecular weight is 429 g/mol. The van der Waals surface area contributed by atoms with Crippen molar-refractivity contribution in [2.24, 2.45) is 17.8 Å². The van der Waals surface area contributed by atoms with E-state index in [2.05, 4.69) is 22.4 Å². The molecule has 0 radical (unpaired) electrons. The van der Waals surface area contributed by atoms with Crippen molar-refractivity contribution in [2.45, 2.75) is 54.5 Å². The summed E-state index contributed by atoms with van der Waals surface area (Å²) >= 11 is 7.66. The highest BCUT2D eigenvalue weighted by molar-refractivity contribution is 7.98. The van der Waals surface area contributed by atoms with E-state index in [-0.39, 0.29) is 11.9 Å². The molecule has 2 N–H and O–H groups in total. The molecule has 4 saturated carbocycles. The molecule has 1 aromatic heterocycles. The van der Waals surface area contributed by atoms with Crippen molar-refractivity contribution in [1.82, 2.24) is 10.3 Å². The summed E-state index contributed by atoms with van der Waals surface area (Å²) < 4.78 is 0. The van der Waals surface area contributed by atoms with Gasteiger partial charge in [0.2, 0.25) is 0 Å². The largest absolute Gasteiger partial charge is 0.390 e. The van der Waals surface area contributed by atoms with Gasteiger partial charge in [0.15, 0.2) is 0 Å². The zero-order valence-electron chi connectivity index (χ0n) is 16.2. The molecule has 4 aliphatic rings. The number of rotatable bonds is 5. The van der Waals surface area contributed by atoms with Gasteiger partial charge in [-0.05, 0) is 67.6 Å². The van der Waals surface area contributed by atoms with Crippen molar-refractivity contribution in [2.75, 3.05) is 0 Å². The Kier molecular flexibility index (Phi) is 5.09. The third-order valence-electron chi connectivity index (χ3n) is 6.83. The molecule has 0 aliphatic heterocycles. The Bertz CT molecular complexity index is 906. The minimum absolute atomic E-state index is 0.0748. The van der Waals surface area contributed by atoms with Gasteiger partial charge in [-0.1, -0.05) is 41.9 Å². The van der Waals surface area contributed by atoms with E-state index in [9.17, 15) is 9.90 Å². The Balaban J connectivity index is 1.32. The topological polar surface area (TPSA) is 62.2 Å². The lowest BCUT2D eigenvalue weighted by molar-refractivity contribution is -0.136. The zero-order chi connectivity index (χ0) is 20.0. The van der Waals surface area contributed by atoms with Crippen LogP contribution in [-0.4, -0.2) is 27.6 Å². The number of carbonyl (C=O) groups is 1. The van der Waals surface area contributed by atoms with E-state index < -0.39 is 5.60 Å². The van der Waals surface area contributed by atoms with Crippen LogP contribution in [0.15, 0.2) is 47.5 Å². The first-order valence-corrected chi connectivity index (χ1v) is 11.7. The second kappa shape index (κ2) is 7.60. The summed E-state index contributed by atoms with van der Waals surface area (Å²) in [6, 6.07) is 13.8. The summed E-state index contributed by atoms with van der Waals surface area (Å²) in [6.45, 7) is 0. The van der Waals surface area contributed by atoms with Gasteiger partial charge in [0.1, 0.15) is 10.2 Å². The van der Waals surface area contributed by atoms with Gasteiger partial charge in [0.05, 0.1) is 11.2 Å². The van der Waals surface area contributed by atoms with Crippen LogP contribution in [0, 0.1) is 17.8 Å². The molecule has 2 unspecified atom stereocenters. The maximum absolute atomic E-state index is 13.2. The van der Waals surface area contributed by atoms with Crippen molar-refractivity contribution in [3.8, 4) is 0 Å². The molecule has 152 valence electrons. The van der Waals surface area contributed by atoms with Gasteiger partial charge < -0.3 is 10.4 Å². The van der Waals surface area contributed by atoms with Crippen LogP contribution in [0.1, 0.15) is 48.0 Å². The molecule has 4 nitrogen and oxygen atoms in total. The molecule has 6 heteroatoms. The van der Waals surface area contributed by atoms with Crippen LogP contribution in [0.4, 0.5) is 0 Å². The second-order valence-corrected chi connectivity index (χ2v) is 10.3. The second-order valence-electron chi connectivity index (χ2n) is 8.95. The molecule has 1 aromatic carbocycles. The molecule has 1 heterocycles. The van der Waals surface area contributed by atoms with Gasteiger partial charge in [-0.2, -0.15) is 0 Å². The lowest BCUT2D eigenvalue weighted by Gasteiger charge is -2.58. The molecule has 29 heavy (non-hydrogen) atoms. The van der Waals surface area contributed by atoms with Crippen LogP contribution in [0.2, 0.25) is 5.15 Å². The van der Waals surface area contributed by atoms with Crippen molar-refractivity contribution in [3.05, 3.63) is 58.7 Å². The van der Waals surface area contributed by atoms with Crippen LogP contribution < -0.4 is 5.32 Å². The third-order valence-corrected chi connectivity index (χ3v) is 8.10. The number of pyridine rings is 1. The number of hydrogen-bond donors (Lipinski definition) is 2. The minimum atomic E-state index is -0.490. The summed E-state index contributed by atoms with van der Waals surface area (Å²) in [7, 11) is 0. The van der Waals surface area contributed by atoms with Crippen LogP contribution in [0.25, 0.3) is 0 Å². The summed E-state index contributed by atoms with van der Waals surface area (Å²) in [5.41, 5.74) is 1.28. The predicted octanol–water partition coefficient (Wildman–Crippen LogP) is 4.70. The summed E-state index contributed by atoms with van der Waals surface area (Å²) in [6.07, 6.45) is 4.83.